The van der Waals surface area contributed by atoms with Gasteiger partial charge < -0.3 is 4.74 Å². The number of carbonyl (C=O) groups excluding carboxylic acids is 1. The number of benzene rings is 2. The van der Waals surface area contributed by atoms with Crippen molar-refractivity contribution in [2.75, 3.05) is 7.11 Å². The molecule has 0 saturated heterocycles. The third kappa shape index (κ3) is 2.43. The normalized spacial score (nSPS) is 10.2. The van der Waals surface area contributed by atoms with E-state index in [0.29, 0.717) is 5.56 Å². The van der Waals surface area contributed by atoms with Crippen LogP contribution in [0, 0.1) is 13.8 Å². The smallest absolute Gasteiger partial charge is 0.338 e. The summed E-state index contributed by atoms with van der Waals surface area (Å²) >= 11 is 0. The van der Waals surface area contributed by atoms with Crippen LogP contribution in [0.5, 0.6) is 0 Å². The third-order valence-electron chi connectivity index (χ3n) is 2.94. The van der Waals surface area contributed by atoms with Crippen molar-refractivity contribution in [1.29, 1.82) is 0 Å². The minimum Gasteiger partial charge on any atom is -0.465 e. The summed E-state index contributed by atoms with van der Waals surface area (Å²) in [6, 6.07) is 13.9. The van der Waals surface area contributed by atoms with Crippen LogP contribution in [0.25, 0.3) is 11.1 Å². The van der Waals surface area contributed by atoms with Crippen LogP contribution in [0.2, 0.25) is 0 Å². The predicted octanol–water partition coefficient (Wildman–Crippen LogP) is 3.76. The highest BCUT2D eigenvalue weighted by molar-refractivity contribution is 5.97. The van der Waals surface area contributed by atoms with Gasteiger partial charge in [0, 0.05) is 0 Å². The van der Waals surface area contributed by atoms with Crippen molar-refractivity contribution in [2.45, 2.75) is 13.8 Å². The lowest BCUT2D eigenvalue weighted by atomic mass is 9.97. The van der Waals surface area contributed by atoms with Gasteiger partial charge in [0.05, 0.1) is 12.7 Å². The van der Waals surface area contributed by atoms with E-state index in [4.69, 9.17) is 4.74 Å². The standard InChI is InChI=1S/C16H16O2/c1-11-4-7-13(8-5-11)14-9-6-12(2)10-15(14)16(17)18-3/h4-10H,1-3H3. The largest absolute Gasteiger partial charge is 0.465 e. The Kier molecular flexibility index (Phi) is 3.47. The zero-order chi connectivity index (χ0) is 13.1. The second kappa shape index (κ2) is 5.05. The number of hydrogen-bond donors (Lipinski definition) is 0. The molecule has 2 rings (SSSR count). The van der Waals surface area contributed by atoms with Crippen LogP contribution in [-0.2, 0) is 4.74 Å². The van der Waals surface area contributed by atoms with Crippen LogP contribution in [0.15, 0.2) is 42.5 Å². The first-order valence-corrected chi connectivity index (χ1v) is 5.88. The molecule has 92 valence electrons. The maximum absolute atomic E-state index is 11.8. The summed E-state index contributed by atoms with van der Waals surface area (Å²) in [5, 5.41) is 0. The van der Waals surface area contributed by atoms with Crippen LogP contribution < -0.4 is 0 Å². The SMILES string of the molecule is COC(=O)c1cc(C)ccc1-c1ccc(C)cc1. The van der Waals surface area contributed by atoms with Gasteiger partial charge in [-0.2, -0.15) is 0 Å². The molecule has 0 atom stereocenters. The Balaban J connectivity index is 2.56. The first-order chi connectivity index (χ1) is 8.61. The molecule has 2 nitrogen and oxygen atoms in total. The Morgan fingerprint density at radius 2 is 1.56 bits per heavy atom. The number of methoxy groups -OCH3 is 1. The first-order valence-electron chi connectivity index (χ1n) is 5.88. The zero-order valence-corrected chi connectivity index (χ0v) is 10.9. The van der Waals surface area contributed by atoms with Crippen molar-refractivity contribution < 1.29 is 9.53 Å². The lowest BCUT2D eigenvalue weighted by molar-refractivity contribution is 0.0601. The fraction of sp³-hybridized carbons (Fsp3) is 0.188. The Bertz CT molecular complexity index is 568. The summed E-state index contributed by atoms with van der Waals surface area (Å²) in [7, 11) is 1.41. The third-order valence-corrected chi connectivity index (χ3v) is 2.94. The van der Waals surface area contributed by atoms with Gasteiger partial charge in [-0.25, -0.2) is 4.79 Å². The van der Waals surface area contributed by atoms with E-state index in [-0.39, 0.29) is 5.97 Å². The molecule has 0 aliphatic carbocycles. The summed E-state index contributed by atoms with van der Waals surface area (Å²) < 4.78 is 4.84. The molecule has 0 bridgehead atoms. The topological polar surface area (TPSA) is 26.3 Å². The van der Waals surface area contributed by atoms with E-state index in [0.717, 1.165) is 16.7 Å². The van der Waals surface area contributed by atoms with Crippen LogP contribution in [-0.4, -0.2) is 13.1 Å². The van der Waals surface area contributed by atoms with Crippen molar-refractivity contribution in [3.63, 3.8) is 0 Å². The number of esters is 1. The number of rotatable bonds is 2. The lowest BCUT2D eigenvalue weighted by Crippen LogP contribution is -2.04. The van der Waals surface area contributed by atoms with Crippen molar-refractivity contribution in [3.8, 4) is 11.1 Å². The molecular formula is C16H16O2. The van der Waals surface area contributed by atoms with Gasteiger partial charge in [0.25, 0.3) is 0 Å². The van der Waals surface area contributed by atoms with Crippen molar-refractivity contribution in [1.82, 2.24) is 0 Å². The minimum atomic E-state index is -0.297. The summed E-state index contributed by atoms with van der Waals surface area (Å²) in [5.41, 5.74) is 4.80. The highest BCUT2D eigenvalue weighted by Crippen LogP contribution is 2.25. The molecule has 0 unspecified atom stereocenters. The fourth-order valence-corrected chi connectivity index (χ4v) is 1.92. The molecule has 0 aliphatic rings. The van der Waals surface area contributed by atoms with Crippen LogP contribution in [0.1, 0.15) is 21.5 Å². The molecule has 0 fully saturated rings. The second-order valence-electron chi connectivity index (χ2n) is 4.41. The van der Waals surface area contributed by atoms with Gasteiger partial charge in [0.2, 0.25) is 0 Å². The monoisotopic (exact) mass is 240 g/mol. The number of hydrogen-bond acceptors (Lipinski definition) is 2. The van der Waals surface area contributed by atoms with E-state index in [1.807, 2.05) is 56.3 Å². The maximum atomic E-state index is 11.8. The average molecular weight is 240 g/mol. The number of ether oxygens (including phenoxy) is 1. The van der Waals surface area contributed by atoms with Crippen molar-refractivity contribution in [3.05, 3.63) is 59.2 Å². The fourth-order valence-electron chi connectivity index (χ4n) is 1.92. The van der Waals surface area contributed by atoms with E-state index < -0.39 is 0 Å². The quantitative estimate of drug-likeness (QED) is 0.747. The lowest BCUT2D eigenvalue weighted by Gasteiger charge is -2.09. The summed E-state index contributed by atoms with van der Waals surface area (Å²) in [5.74, 6) is -0.297. The van der Waals surface area contributed by atoms with E-state index in [1.165, 1.54) is 12.7 Å². The molecular weight excluding hydrogens is 224 g/mol. The number of carbonyl (C=O) groups is 1. The van der Waals surface area contributed by atoms with Gasteiger partial charge in [-0.15, -0.1) is 0 Å². The van der Waals surface area contributed by atoms with E-state index >= 15 is 0 Å². The van der Waals surface area contributed by atoms with Gasteiger partial charge in [0.15, 0.2) is 0 Å². The molecule has 18 heavy (non-hydrogen) atoms. The minimum absolute atomic E-state index is 0.297. The molecule has 0 aromatic heterocycles. The Morgan fingerprint density at radius 1 is 0.944 bits per heavy atom. The Labute approximate surface area is 107 Å². The van der Waals surface area contributed by atoms with Gasteiger partial charge in [-0.05, 0) is 31.0 Å². The molecule has 2 aromatic rings. The highest BCUT2D eigenvalue weighted by Gasteiger charge is 2.13. The maximum Gasteiger partial charge on any atom is 0.338 e. The summed E-state index contributed by atoms with van der Waals surface area (Å²) in [6.45, 7) is 4.01. The van der Waals surface area contributed by atoms with Gasteiger partial charge >= 0.3 is 5.97 Å². The van der Waals surface area contributed by atoms with Crippen LogP contribution >= 0.6 is 0 Å². The molecule has 2 aromatic carbocycles. The van der Waals surface area contributed by atoms with Gasteiger partial charge in [0.1, 0.15) is 0 Å². The zero-order valence-electron chi connectivity index (χ0n) is 10.9. The molecule has 0 radical (unpaired) electrons. The van der Waals surface area contributed by atoms with E-state index in [2.05, 4.69) is 0 Å². The Morgan fingerprint density at radius 3 is 2.17 bits per heavy atom. The second-order valence-corrected chi connectivity index (χ2v) is 4.41. The molecule has 0 spiro atoms. The highest BCUT2D eigenvalue weighted by atomic mass is 16.5. The summed E-state index contributed by atoms with van der Waals surface area (Å²) in [6.07, 6.45) is 0. The molecule has 2 heteroatoms. The van der Waals surface area contributed by atoms with Crippen molar-refractivity contribution >= 4 is 5.97 Å². The van der Waals surface area contributed by atoms with E-state index in [1.54, 1.807) is 0 Å². The average Bonchev–Trinajstić information content (AvgIpc) is 2.39. The molecule has 0 saturated carbocycles. The van der Waals surface area contributed by atoms with Gasteiger partial charge in [-0.1, -0.05) is 47.5 Å². The molecule has 0 amide bonds. The van der Waals surface area contributed by atoms with Crippen molar-refractivity contribution in [2.24, 2.45) is 0 Å². The van der Waals surface area contributed by atoms with Crippen LogP contribution in [0.3, 0.4) is 0 Å². The molecule has 0 N–H and O–H groups in total. The number of aryl methyl sites for hydroxylation is 2. The molecule has 0 aliphatic heterocycles. The first kappa shape index (κ1) is 12.4. The predicted molar refractivity (Wildman–Crippen MR) is 72.7 cm³/mol. The van der Waals surface area contributed by atoms with Gasteiger partial charge in [-0.3, -0.25) is 0 Å². The summed E-state index contributed by atoms with van der Waals surface area (Å²) in [4.78, 5) is 11.8. The molecule has 0 heterocycles. The van der Waals surface area contributed by atoms with E-state index in [9.17, 15) is 4.79 Å². The Hall–Kier alpha value is -2.09. The van der Waals surface area contributed by atoms with Crippen LogP contribution in [0.4, 0.5) is 0 Å².